The Morgan fingerprint density at radius 2 is 2.29 bits per heavy atom. The SMILES string of the molecule is CCOC(=O)C1CCCN(C(=O)/C=C/c2ccc(C)s2)C1. The predicted molar refractivity (Wildman–Crippen MR) is 84.0 cm³/mol. The van der Waals surface area contributed by atoms with Gasteiger partial charge < -0.3 is 9.64 Å². The maximum absolute atomic E-state index is 12.2. The van der Waals surface area contributed by atoms with Crippen LogP contribution >= 0.6 is 11.3 Å². The van der Waals surface area contributed by atoms with Crippen LogP contribution in [0.5, 0.6) is 0 Å². The molecule has 1 aliphatic rings. The molecule has 0 N–H and O–H groups in total. The number of rotatable bonds is 4. The molecule has 114 valence electrons. The molecule has 0 bridgehead atoms. The molecule has 2 rings (SSSR count). The molecule has 0 saturated carbocycles. The maximum Gasteiger partial charge on any atom is 0.310 e. The first-order valence-corrected chi connectivity index (χ1v) is 8.12. The Labute approximate surface area is 129 Å². The number of piperidine rings is 1. The number of aryl methyl sites for hydroxylation is 1. The lowest BCUT2D eigenvalue weighted by molar-refractivity contribution is -0.150. The van der Waals surface area contributed by atoms with Crippen LogP contribution in [0.15, 0.2) is 18.2 Å². The van der Waals surface area contributed by atoms with Crippen molar-refractivity contribution in [1.29, 1.82) is 0 Å². The normalized spacial score (nSPS) is 19.0. The van der Waals surface area contributed by atoms with Gasteiger partial charge in [-0.15, -0.1) is 11.3 Å². The number of esters is 1. The third-order valence-corrected chi connectivity index (χ3v) is 4.47. The average molecular weight is 307 g/mol. The number of nitrogens with zero attached hydrogens (tertiary/aromatic N) is 1. The van der Waals surface area contributed by atoms with Crippen LogP contribution < -0.4 is 0 Å². The van der Waals surface area contributed by atoms with E-state index < -0.39 is 0 Å². The van der Waals surface area contributed by atoms with Crippen molar-refractivity contribution >= 4 is 29.3 Å². The van der Waals surface area contributed by atoms with Gasteiger partial charge in [-0.2, -0.15) is 0 Å². The van der Waals surface area contributed by atoms with E-state index in [0.29, 0.717) is 19.7 Å². The van der Waals surface area contributed by atoms with Crippen LogP contribution in [-0.4, -0.2) is 36.5 Å². The molecule has 1 saturated heterocycles. The van der Waals surface area contributed by atoms with Crippen molar-refractivity contribution in [3.8, 4) is 0 Å². The van der Waals surface area contributed by atoms with Gasteiger partial charge in [0.2, 0.25) is 5.91 Å². The minimum Gasteiger partial charge on any atom is -0.466 e. The number of hydrogen-bond acceptors (Lipinski definition) is 4. The molecule has 1 aliphatic heterocycles. The fourth-order valence-corrected chi connectivity index (χ4v) is 3.21. The highest BCUT2D eigenvalue weighted by molar-refractivity contribution is 7.12. The standard InChI is InChI=1S/C16H21NO3S/c1-3-20-16(19)13-5-4-10-17(11-13)15(18)9-8-14-7-6-12(2)21-14/h6-9,13H,3-5,10-11H2,1-2H3/b9-8+. The largest absolute Gasteiger partial charge is 0.466 e. The Balaban J connectivity index is 1.92. The van der Waals surface area contributed by atoms with Gasteiger partial charge in [0.05, 0.1) is 12.5 Å². The zero-order valence-electron chi connectivity index (χ0n) is 12.5. The number of carbonyl (C=O) groups excluding carboxylic acids is 2. The fourth-order valence-electron chi connectivity index (χ4n) is 2.43. The van der Waals surface area contributed by atoms with E-state index in [-0.39, 0.29) is 17.8 Å². The summed E-state index contributed by atoms with van der Waals surface area (Å²) in [4.78, 5) is 28.0. The minimum absolute atomic E-state index is 0.0324. The average Bonchev–Trinajstić information content (AvgIpc) is 2.91. The van der Waals surface area contributed by atoms with Crippen molar-refractivity contribution in [3.05, 3.63) is 28.0 Å². The summed E-state index contributed by atoms with van der Waals surface area (Å²) in [6.45, 7) is 5.41. The summed E-state index contributed by atoms with van der Waals surface area (Å²) in [6.07, 6.45) is 5.09. The molecule has 1 aromatic heterocycles. The van der Waals surface area contributed by atoms with E-state index in [1.165, 1.54) is 4.88 Å². The fraction of sp³-hybridized carbons (Fsp3) is 0.500. The molecule has 21 heavy (non-hydrogen) atoms. The number of hydrogen-bond donors (Lipinski definition) is 0. The summed E-state index contributed by atoms with van der Waals surface area (Å²) in [5.41, 5.74) is 0. The summed E-state index contributed by atoms with van der Waals surface area (Å²) in [6, 6.07) is 4.04. The lowest BCUT2D eigenvalue weighted by Crippen LogP contribution is -2.42. The number of carbonyl (C=O) groups is 2. The number of ether oxygens (including phenoxy) is 1. The molecule has 4 nitrogen and oxygen atoms in total. The van der Waals surface area contributed by atoms with Crippen molar-refractivity contribution in [1.82, 2.24) is 4.90 Å². The summed E-state index contributed by atoms with van der Waals surface area (Å²) in [7, 11) is 0. The molecule has 1 unspecified atom stereocenters. The van der Waals surface area contributed by atoms with Gasteiger partial charge >= 0.3 is 5.97 Å². The van der Waals surface area contributed by atoms with Crippen LogP contribution in [-0.2, 0) is 14.3 Å². The first kappa shape index (κ1) is 15.8. The Kier molecular flexibility index (Phi) is 5.56. The van der Waals surface area contributed by atoms with E-state index in [1.807, 2.05) is 25.1 Å². The first-order valence-electron chi connectivity index (χ1n) is 7.30. The van der Waals surface area contributed by atoms with Crippen molar-refractivity contribution in [3.63, 3.8) is 0 Å². The zero-order chi connectivity index (χ0) is 15.2. The van der Waals surface area contributed by atoms with Gasteiger partial charge in [-0.1, -0.05) is 0 Å². The summed E-state index contributed by atoms with van der Waals surface area (Å²) in [5, 5.41) is 0. The highest BCUT2D eigenvalue weighted by Gasteiger charge is 2.28. The van der Waals surface area contributed by atoms with E-state index in [4.69, 9.17) is 4.74 Å². The molecular formula is C16H21NO3S. The number of amides is 1. The van der Waals surface area contributed by atoms with Gasteiger partial charge in [-0.3, -0.25) is 9.59 Å². The highest BCUT2D eigenvalue weighted by atomic mass is 32.1. The van der Waals surface area contributed by atoms with E-state index in [0.717, 1.165) is 17.7 Å². The van der Waals surface area contributed by atoms with Crippen molar-refractivity contribution in [2.75, 3.05) is 19.7 Å². The molecule has 0 aliphatic carbocycles. The van der Waals surface area contributed by atoms with E-state index in [2.05, 4.69) is 0 Å². The van der Waals surface area contributed by atoms with Gasteiger partial charge in [0, 0.05) is 28.9 Å². The van der Waals surface area contributed by atoms with Gasteiger partial charge in [0.1, 0.15) is 0 Å². The van der Waals surface area contributed by atoms with Crippen LogP contribution in [0.25, 0.3) is 6.08 Å². The van der Waals surface area contributed by atoms with Crippen LogP contribution in [0, 0.1) is 12.8 Å². The number of thiophene rings is 1. The highest BCUT2D eigenvalue weighted by Crippen LogP contribution is 2.20. The topological polar surface area (TPSA) is 46.6 Å². The predicted octanol–water partition coefficient (Wildman–Crippen LogP) is 2.87. The minimum atomic E-state index is -0.187. The third kappa shape index (κ3) is 4.43. The van der Waals surface area contributed by atoms with Gasteiger partial charge in [-0.05, 0) is 44.9 Å². The van der Waals surface area contributed by atoms with Gasteiger partial charge in [0.25, 0.3) is 0 Å². The van der Waals surface area contributed by atoms with Crippen molar-refractivity contribution in [2.24, 2.45) is 5.92 Å². The third-order valence-electron chi connectivity index (χ3n) is 3.50. The second kappa shape index (κ2) is 7.41. The Morgan fingerprint density at radius 3 is 2.95 bits per heavy atom. The van der Waals surface area contributed by atoms with Crippen LogP contribution in [0.4, 0.5) is 0 Å². The second-order valence-corrected chi connectivity index (χ2v) is 6.48. The lowest BCUT2D eigenvalue weighted by Gasteiger charge is -2.30. The molecule has 1 fully saturated rings. The first-order chi connectivity index (χ1) is 10.1. The van der Waals surface area contributed by atoms with E-state index in [1.54, 1.807) is 29.2 Å². The molecule has 0 radical (unpaired) electrons. The van der Waals surface area contributed by atoms with Crippen LogP contribution in [0.2, 0.25) is 0 Å². The summed E-state index contributed by atoms with van der Waals surface area (Å²) < 4.78 is 5.05. The van der Waals surface area contributed by atoms with Crippen LogP contribution in [0.3, 0.4) is 0 Å². The van der Waals surface area contributed by atoms with Gasteiger partial charge in [0.15, 0.2) is 0 Å². The van der Waals surface area contributed by atoms with Gasteiger partial charge in [-0.25, -0.2) is 0 Å². The second-order valence-electron chi connectivity index (χ2n) is 5.16. The smallest absolute Gasteiger partial charge is 0.310 e. The Morgan fingerprint density at radius 1 is 1.48 bits per heavy atom. The van der Waals surface area contributed by atoms with E-state index >= 15 is 0 Å². The molecular weight excluding hydrogens is 286 g/mol. The Hall–Kier alpha value is -1.62. The molecule has 2 heterocycles. The van der Waals surface area contributed by atoms with Crippen LogP contribution in [0.1, 0.15) is 29.5 Å². The lowest BCUT2D eigenvalue weighted by atomic mass is 9.98. The van der Waals surface area contributed by atoms with E-state index in [9.17, 15) is 9.59 Å². The summed E-state index contributed by atoms with van der Waals surface area (Å²) >= 11 is 1.66. The zero-order valence-corrected chi connectivity index (χ0v) is 13.3. The molecule has 1 aromatic rings. The molecule has 0 spiro atoms. The maximum atomic E-state index is 12.2. The number of likely N-dealkylation sites (tertiary alicyclic amines) is 1. The molecule has 1 atom stereocenters. The van der Waals surface area contributed by atoms with Crippen molar-refractivity contribution in [2.45, 2.75) is 26.7 Å². The molecule has 5 heteroatoms. The Bertz CT molecular complexity index is 535. The van der Waals surface area contributed by atoms with Crippen molar-refractivity contribution < 1.29 is 14.3 Å². The molecule has 1 amide bonds. The summed E-state index contributed by atoms with van der Waals surface area (Å²) in [5.74, 6) is -0.400. The quantitative estimate of drug-likeness (QED) is 0.635. The molecule has 0 aromatic carbocycles. The monoisotopic (exact) mass is 307 g/mol.